The van der Waals surface area contributed by atoms with Gasteiger partial charge in [0.25, 0.3) is 0 Å². The van der Waals surface area contributed by atoms with E-state index in [4.69, 9.17) is 23.0 Å². The Morgan fingerprint density at radius 1 is 0.571 bits per heavy atom. The van der Waals surface area contributed by atoms with Crippen molar-refractivity contribution in [1.82, 2.24) is 0 Å². The molecule has 0 saturated heterocycles. The Kier molecular flexibility index (Phi) is 0.437. The number of rotatable bonds is 0. The van der Waals surface area contributed by atoms with Crippen LogP contribution in [0, 0.1) is 0 Å². The van der Waals surface area contributed by atoms with Crippen molar-refractivity contribution in [2.45, 2.75) is 0 Å². The van der Waals surface area contributed by atoms with Crippen LogP contribution in [-0.2, 0) is 33.3 Å². The Morgan fingerprint density at radius 2 is 0.571 bits per heavy atom. The second-order valence-electron chi connectivity index (χ2n) is 0.945. The molecule has 7 heavy (non-hydrogen) atoms. The van der Waals surface area contributed by atoms with E-state index in [1.54, 1.807) is 0 Å². The van der Waals surface area contributed by atoms with Gasteiger partial charge in [-0.2, -0.15) is 0 Å². The van der Waals surface area contributed by atoms with Crippen molar-refractivity contribution in [3.05, 3.63) is 0 Å². The normalized spacial score (nSPS) is 17.1. The monoisotopic (exact) mass is 151 g/mol. The second-order valence-corrected chi connectivity index (χ2v) is 3.90. The van der Waals surface area contributed by atoms with Gasteiger partial charge in [-0.3, -0.25) is 0 Å². The fraction of sp³-hybridized carbons (Fsp3) is 0. The van der Waals surface area contributed by atoms with Gasteiger partial charge in [-0.05, 0) is 0 Å². The van der Waals surface area contributed by atoms with Gasteiger partial charge < -0.3 is 0 Å². The zero-order valence-corrected chi connectivity index (χ0v) is 4.01. The summed E-state index contributed by atoms with van der Waals surface area (Å²) in [4.78, 5) is 0. The van der Waals surface area contributed by atoms with Gasteiger partial charge in [0.1, 0.15) is 0 Å². The Hall–Kier alpha value is -0.681. The molecule has 43 valence electrons. The fourth-order valence-electron chi connectivity index (χ4n) is 0. The van der Waals surface area contributed by atoms with E-state index in [2.05, 4.69) is 0 Å². The molecule has 0 spiro atoms. The Bertz CT molecular complexity index is 432. The molecule has 6 nitrogen and oxygen atoms in total. The van der Waals surface area contributed by atoms with E-state index in [-0.39, 0.29) is 0 Å². The second kappa shape index (κ2) is 0.484. The summed E-state index contributed by atoms with van der Waals surface area (Å²) in [6.07, 6.45) is 0. The molecule has 0 saturated carbocycles. The van der Waals surface area contributed by atoms with Crippen LogP contribution in [0.3, 0.4) is 0 Å². The van der Waals surface area contributed by atoms with Crippen LogP contribution in [-0.4, -0.2) is 0 Å². The van der Waals surface area contributed by atoms with Crippen LogP contribution in [0.15, 0.2) is 0 Å². The third-order valence-electron chi connectivity index (χ3n) is 0. The van der Waals surface area contributed by atoms with Gasteiger partial charge >= 0.3 is 33.3 Å². The molecule has 0 rings (SSSR count). The first kappa shape index (κ1) is 6.32. The molecule has 0 aliphatic heterocycles. The molecule has 0 atom stereocenters. The molecule has 0 bridgehead atoms. The minimum absolute atomic E-state index is 8.64. The first-order valence-corrected chi connectivity index (χ1v) is 3.82. The van der Waals surface area contributed by atoms with Gasteiger partial charge in [-0.15, -0.1) is 0 Å². The zero-order chi connectivity index (χ0) is 6.41. The molecule has 0 aliphatic rings. The summed E-state index contributed by atoms with van der Waals surface area (Å²) < 4.78 is 51.8. The van der Waals surface area contributed by atoms with Gasteiger partial charge in [0.05, 0.1) is 0 Å². The Labute approximate surface area is 34.3 Å². The molecule has 0 radical (unpaired) electrons. The Balaban J connectivity index is 8.86. The molecule has 0 aromatic heterocycles. The molecule has 7 heteroatoms. The molecule has 0 aromatic rings. The van der Waals surface area contributed by atoms with E-state index in [0.29, 0.717) is 0 Å². The first-order valence-electron chi connectivity index (χ1n) is 0.926. The maximum absolute atomic E-state index is 9.35. The average molecular weight is 151 g/mol. The average Bonchev–Trinajstić information content (AvgIpc) is 0.592. The van der Waals surface area contributed by atoms with Gasteiger partial charge in [0, 0.05) is 0 Å². The summed E-state index contributed by atoms with van der Waals surface area (Å²) >= 11 is 0. The van der Waals surface area contributed by atoms with Crippen LogP contribution in [0.5, 0.6) is 0 Å². The van der Waals surface area contributed by atoms with E-state index >= 15 is 0 Å². The van der Waals surface area contributed by atoms with Crippen molar-refractivity contribution in [3.8, 4) is 0 Å². The van der Waals surface area contributed by atoms with Crippen molar-refractivity contribution in [2.75, 3.05) is 0 Å². The van der Waals surface area contributed by atoms with Crippen LogP contribution in [0.25, 0.3) is 0 Å². The van der Waals surface area contributed by atoms with Gasteiger partial charge in [-0.25, -0.2) is 0 Å². The Morgan fingerprint density at radius 3 is 0.571 bits per heavy atom. The molecule has 0 aliphatic carbocycles. The van der Waals surface area contributed by atoms with E-state index in [1.807, 2.05) is 0 Å². The van der Waals surface area contributed by atoms with Crippen molar-refractivity contribution >= 4 is 0 Å². The predicted molar refractivity (Wildman–Crippen MR) is 4.12 cm³/mol. The van der Waals surface area contributed by atoms with Gasteiger partial charge in [0.2, 0.25) is 0 Å². The quantitative estimate of drug-likeness (QED) is 0.423. The molecular formula is MnO6. The number of hydrogen-bond donors (Lipinski definition) is 0. The summed E-state index contributed by atoms with van der Waals surface area (Å²) in [6.45, 7) is 0. The number of hydrogen-bond acceptors (Lipinski definition) is 6. The molecule has 0 amide bonds. The SMILES string of the molecule is [O]=[Mn](=[O])(=[O])(=[O])(=[O])=[O]. The van der Waals surface area contributed by atoms with Crippen molar-refractivity contribution in [2.24, 2.45) is 0 Å². The summed E-state index contributed by atoms with van der Waals surface area (Å²) in [6, 6.07) is 0. The van der Waals surface area contributed by atoms with E-state index in [0.717, 1.165) is 0 Å². The van der Waals surface area contributed by atoms with Crippen LogP contribution < -0.4 is 0 Å². The summed E-state index contributed by atoms with van der Waals surface area (Å²) in [7, 11) is -9.35. The summed E-state index contributed by atoms with van der Waals surface area (Å²) in [5, 5.41) is 0. The van der Waals surface area contributed by atoms with Gasteiger partial charge in [-0.1, -0.05) is 0 Å². The van der Waals surface area contributed by atoms with E-state index in [1.165, 1.54) is 0 Å². The standard InChI is InChI=1S/Mn.6O. The first-order chi connectivity index (χ1) is 2.45. The predicted octanol–water partition coefficient (Wildman–Crippen LogP) is -0.715. The minimum atomic E-state index is -9.35. The van der Waals surface area contributed by atoms with Crippen LogP contribution in [0.2, 0.25) is 0 Å². The van der Waals surface area contributed by atoms with Crippen LogP contribution >= 0.6 is 0 Å². The molecule has 0 unspecified atom stereocenters. The summed E-state index contributed by atoms with van der Waals surface area (Å²) in [5.41, 5.74) is 0. The molecule has 0 aromatic carbocycles. The van der Waals surface area contributed by atoms with E-state index in [9.17, 15) is 0 Å². The van der Waals surface area contributed by atoms with Crippen molar-refractivity contribution in [3.63, 3.8) is 0 Å². The molecule has 0 fully saturated rings. The van der Waals surface area contributed by atoms with Crippen LogP contribution in [0.1, 0.15) is 0 Å². The van der Waals surface area contributed by atoms with E-state index < -0.39 is 10.3 Å². The fourth-order valence-corrected chi connectivity index (χ4v) is 0. The third kappa shape index (κ3) is 127. The molecular weight excluding hydrogens is 151 g/mol. The van der Waals surface area contributed by atoms with Crippen LogP contribution in [0.4, 0.5) is 0 Å². The molecule has 0 N–H and O–H groups in total. The zero-order valence-electron chi connectivity index (χ0n) is 2.83. The maximum atomic E-state index is 8.64. The summed E-state index contributed by atoms with van der Waals surface area (Å²) in [5.74, 6) is 0. The third-order valence-corrected chi connectivity index (χ3v) is 0. The van der Waals surface area contributed by atoms with Gasteiger partial charge in [0.15, 0.2) is 0 Å². The van der Waals surface area contributed by atoms with Crippen molar-refractivity contribution < 1.29 is 33.3 Å². The molecule has 0 heterocycles. The topological polar surface area (TPSA) is 102 Å². The van der Waals surface area contributed by atoms with Crippen molar-refractivity contribution in [1.29, 1.82) is 0 Å².